The summed E-state index contributed by atoms with van der Waals surface area (Å²) >= 11 is 0. The average Bonchev–Trinajstić information content (AvgIpc) is 3.03. The maximum atomic E-state index is 11.4. The molecule has 1 aliphatic rings. The molecular formula is C12H12O2. The summed E-state index contributed by atoms with van der Waals surface area (Å²) in [4.78, 5) is 11.4. The molecule has 1 aromatic rings. The van der Waals surface area contributed by atoms with E-state index in [0.29, 0.717) is 12.2 Å². The van der Waals surface area contributed by atoms with Crippen LogP contribution in [0.25, 0.3) is 0 Å². The number of benzene rings is 1. The van der Waals surface area contributed by atoms with Crippen molar-refractivity contribution >= 4 is 5.97 Å². The van der Waals surface area contributed by atoms with Crippen LogP contribution in [0, 0.1) is 0 Å². The largest absolute Gasteiger partial charge is 0.462 e. The molecule has 1 aromatic carbocycles. The Morgan fingerprint density at radius 3 is 2.64 bits per heavy atom. The zero-order chi connectivity index (χ0) is 9.80. The van der Waals surface area contributed by atoms with E-state index in [1.54, 1.807) is 12.1 Å². The van der Waals surface area contributed by atoms with Gasteiger partial charge in [-0.1, -0.05) is 29.8 Å². The maximum Gasteiger partial charge on any atom is 0.338 e. The molecule has 14 heavy (non-hydrogen) atoms. The van der Waals surface area contributed by atoms with Crippen molar-refractivity contribution in [2.24, 2.45) is 0 Å². The fourth-order valence-electron chi connectivity index (χ4n) is 1.21. The van der Waals surface area contributed by atoms with Crippen molar-refractivity contribution in [3.05, 3.63) is 47.5 Å². The summed E-state index contributed by atoms with van der Waals surface area (Å²) in [6.07, 6.45) is 4.14. The van der Waals surface area contributed by atoms with Gasteiger partial charge in [0.2, 0.25) is 0 Å². The summed E-state index contributed by atoms with van der Waals surface area (Å²) in [5, 5.41) is 0. The van der Waals surface area contributed by atoms with Crippen LogP contribution >= 0.6 is 0 Å². The molecule has 2 heteroatoms. The second kappa shape index (κ2) is 4.09. The monoisotopic (exact) mass is 188 g/mol. The number of rotatable bonds is 4. The fraction of sp³-hybridized carbons (Fsp3) is 0.250. The van der Waals surface area contributed by atoms with Gasteiger partial charge in [-0.25, -0.2) is 4.79 Å². The van der Waals surface area contributed by atoms with Crippen LogP contribution in [0.5, 0.6) is 0 Å². The van der Waals surface area contributed by atoms with E-state index in [4.69, 9.17) is 4.74 Å². The molecule has 0 atom stereocenters. The highest BCUT2D eigenvalue weighted by Crippen LogP contribution is 2.21. The number of carbonyl (C=O) groups excluding carboxylic acids is 1. The lowest BCUT2D eigenvalue weighted by Crippen LogP contribution is -2.05. The van der Waals surface area contributed by atoms with Crippen LogP contribution in [0.15, 0.2) is 42.0 Å². The predicted molar refractivity (Wildman–Crippen MR) is 54.0 cm³/mol. The molecular weight excluding hydrogens is 176 g/mol. The number of hydrogen-bond donors (Lipinski definition) is 0. The fourth-order valence-corrected chi connectivity index (χ4v) is 1.21. The van der Waals surface area contributed by atoms with Gasteiger partial charge in [-0.15, -0.1) is 0 Å². The van der Waals surface area contributed by atoms with Crippen LogP contribution in [-0.2, 0) is 4.74 Å². The van der Waals surface area contributed by atoms with Gasteiger partial charge in [0, 0.05) is 6.42 Å². The molecule has 0 fully saturated rings. The first-order valence-electron chi connectivity index (χ1n) is 4.76. The van der Waals surface area contributed by atoms with Gasteiger partial charge in [-0.3, -0.25) is 0 Å². The Bertz CT molecular complexity index is 352. The molecule has 1 aliphatic carbocycles. The molecule has 0 unspecified atom stereocenters. The Morgan fingerprint density at radius 1 is 1.29 bits per heavy atom. The first-order valence-corrected chi connectivity index (χ1v) is 4.76. The van der Waals surface area contributed by atoms with Crippen LogP contribution in [0.1, 0.15) is 23.2 Å². The molecule has 2 nitrogen and oxygen atoms in total. The van der Waals surface area contributed by atoms with Gasteiger partial charge in [0.1, 0.15) is 0 Å². The standard InChI is InChI=1S/C12H12O2/c13-12(11-4-2-1-3-5-11)14-9-8-10-6-7-10/h1-6H,7-9H2. The Hall–Kier alpha value is -1.57. The lowest BCUT2D eigenvalue weighted by Gasteiger charge is -2.02. The average molecular weight is 188 g/mol. The minimum Gasteiger partial charge on any atom is -0.462 e. The molecule has 0 amide bonds. The maximum absolute atomic E-state index is 11.4. The molecule has 0 radical (unpaired) electrons. The smallest absolute Gasteiger partial charge is 0.338 e. The van der Waals surface area contributed by atoms with Gasteiger partial charge in [-0.05, 0) is 18.6 Å². The van der Waals surface area contributed by atoms with E-state index >= 15 is 0 Å². The quantitative estimate of drug-likeness (QED) is 0.536. The zero-order valence-corrected chi connectivity index (χ0v) is 7.90. The molecule has 0 aromatic heterocycles. The number of ether oxygens (including phenoxy) is 1. The third kappa shape index (κ3) is 2.46. The lowest BCUT2D eigenvalue weighted by molar-refractivity contribution is 0.0510. The molecule has 0 saturated carbocycles. The van der Waals surface area contributed by atoms with Crippen molar-refractivity contribution in [2.75, 3.05) is 6.61 Å². The predicted octanol–water partition coefficient (Wildman–Crippen LogP) is 2.56. The number of carbonyl (C=O) groups is 1. The lowest BCUT2D eigenvalue weighted by atomic mass is 10.2. The molecule has 72 valence electrons. The molecule has 0 spiro atoms. The van der Waals surface area contributed by atoms with E-state index in [0.717, 1.165) is 12.8 Å². The first-order chi connectivity index (χ1) is 6.86. The van der Waals surface area contributed by atoms with Crippen molar-refractivity contribution < 1.29 is 9.53 Å². The molecule has 0 heterocycles. The Balaban J connectivity index is 1.80. The highest BCUT2D eigenvalue weighted by Gasteiger charge is 2.09. The summed E-state index contributed by atoms with van der Waals surface area (Å²) in [6, 6.07) is 9.07. The normalized spacial score (nSPS) is 13.3. The van der Waals surface area contributed by atoms with Crippen molar-refractivity contribution in [2.45, 2.75) is 12.8 Å². The molecule has 0 aliphatic heterocycles. The van der Waals surface area contributed by atoms with Crippen LogP contribution < -0.4 is 0 Å². The SMILES string of the molecule is O=C(OCCC1=CC1)c1ccccc1. The van der Waals surface area contributed by atoms with Crippen molar-refractivity contribution in [1.82, 2.24) is 0 Å². The van der Waals surface area contributed by atoms with Crippen molar-refractivity contribution in [3.63, 3.8) is 0 Å². The third-order valence-corrected chi connectivity index (χ3v) is 2.16. The van der Waals surface area contributed by atoms with E-state index in [2.05, 4.69) is 6.08 Å². The minimum absolute atomic E-state index is 0.230. The van der Waals surface area contributed by atoms with E-state index in [1.165, 1.54) is 5.57 Å². The Kier molecular flexibility index (Phi) is 2.63. The minimum atomic E-state index is -0.230. The van der Waals surface area contributed by atoms with Gasteiger partial charge in [-0.2, -0.15) is 0 Å². The van der Waals surface area contributed by atoms with Crippen molar-refractivity contribution in [3.8, 4) is 0 Å². The number of allylic oxidation sites excluding steroid dienone is 1. The summed E-state index contributed by atoms with van der Waals surface area (Å²) in [7, 11) is 0. The van der Waals surface area contributed by atoms with E-state index in [1.807, 2.05) is 18.2 Å². The molecule has 0 bridgehead atoms. The van der Waals surface area contributed by atoms with Crippen LogP contribution in [-0.4, -0.2) is 12.6 Å². The van der Waals surface area contributed by atoms with Gasteiger partial charge >= 0.3 is 5.97 Å². The Labute approximate surface area is 83.2 Å². The first kappa shape index (κ1) is 9.00. The topological polar surface area (TPSA) is 26.3 Å². The second-order valence-electron chi connectivity index (χ2n) is 3.32. The van der Waals surface area contributed by atoms with Crippen LogP contribution in [0.4, 0.5) is 0 Å². The van der Waals surface area contributed by atoms with E-state index in [-0.39, 0.29) is 5.97 Å². The molecule has 2 rings (SSSR count). The Morgan fingerprint density at radius 2 is 2.00 bits per heavy atom. The molecule has 0 N–H and O–H groups in total. The number of esters is 1. The summed E-state index contributed by atoms with van der Waals surface area (Å²) in [5.74, 6) is -0.230. The third-order valence-electron chi connectivity index (χ3n) is 2.16. The second-order valence-corrected chi connectivity index (χ2v) is 3.32. The van der Waals surface area contributed by atoms with E-state index < -0.39 is 0 Å². The van der Waals surface area contributed by atoms with Gasteiger partial charge in [0.05, 0.1) is 12.2 Å². The highest BCUT2D eigenvalue weighted by molar-refractivity contribution is 5.89. The van der Waals surface area contributed by atoms with Crippen molar-refractivity contribution in [1.29, 1.82) is 0 Å². The number of hydrogen-bond acceptors (Lipinski definition) is 2. The molecule has 0 saturated heterocycles. The zero-order valence-electron chi connectivity index (χ0n) is 7.90. The summed E-state index contributed by atoms with van der Waals surface area (Å²) in [6.45, 7) is 0.500. The van der Waals surface area contributed by atoms with Crippen LogP contribution in [0.3, 0.4) is 0 Å². The summed E-state index contributed by atoms with van der Waals surface area (Å²) < 4.78 is 5.10. The van der Waals surface area contributed by atoms with Gasteiger partial charge in [0.15, 0.2) is 0 Å². The van der Waals surface area contributed by atoms with E-state index in [9.17, 15) is 4.79 Å². The van der Waals surface area contributed by atoms with Crippen LogP contribution in [0.2, 0.25) is 0 Å². The summed E-state index contributed by atoms with van der Waals surface area (Å²) in [5.41, 5.74) is 2.02. The van der Waals surface area contributed by atoms with Gasteiger partial charge in [0.25, 0.3) is 0 Å². The van der Waals surface area contributed by atoms with Gasteiger partial charge < -0.3 is 4.74 Å². The highest BCUT2D eigenvalue weighted by atomic mass is 16.5.